The lowest BCUT2D eigenvalue weighted by Gasteiger charge is -2.04. The molecule has 8 heteroatoms. The van der Waals surface area contributed by atoms with Gasteiger partial charge >= 0.3 is 6.16 Å². The van der Waals surface area contributed by atoms with Gasteiger partial charge in [0, 0.05) is 15.4 Å². The van der Waals surface area contributed by atoms with Crippen molar-refractivity contribution in [2.45, 2.75) is 18.2 Å². The minimum Gasteiger partial charge on any atom is -0.436 e. The Morgan fingerprint density at radius 2 is 1.97 bits per heavy atom. The van der Waals surface area contributed by atoms with E-state index in [0.717, 1.165) is 28.9 Å². The molecule has 0 amide bonds. The van der Waals surface area contributed by atoms with Gasteiger partial charge in [-0.05, 0) is 49.3 Å². The summed E-state index contributed by atoms with van der Waals surface area (Å²) in [6, 6.07) is 7.10. The fourth-order valence-electron chi connectivity index (χ4n) is 2.30. The van der Waals surface area contributed by atoms with E-state index in [1.165, 1.54) is 6.92 Å². The quantitative estimate of drug-likeness (QED) is 0.163. The van der Waals surface area contributed by atoms with E-state index in [1.54, 1.807) is 23.9 Å². The highest BCUT2D eigenvalue weighted by Crippen LogP contribution is 2.29. The van der Waals surface area contributed by atoms with Crippen LogP contribution in [-0.4, -0.2) is 49.7 Å². The van der Waals surface area contributed by atoms with Gasteiger partial charge in [-0.2, -0.15) is 0 Å². The molecule has 0 radical (unpaired) electrons. The summed E-state index contributed by atoms with van der Waals surface area (Å²) in [7, 11) is 1.16. The summed E-state index contributed by atoms with van der Waals surface area (Å²) in [5.74, 6) is -0.338. The van der Waals surface area contributed by atoms with E-state index in [4.69, 9.17) is 9.84 Å². The number of hydrogen-bond acceptors (Lipinski definition) is 8. The monoisotopic (exact) mass is 417 g/mol. The molecule has 0 saturated heterocycles. The molecule has 0 aliphatic heterocycles. The van der Waals surface area contributed by atoms with Crippen molar-refractivity contribution in [1.82, 2.24) is 0 Å². The molecule has 0 aromatic heterocycles. The van der Waals surface area contributed by atoms with Gasteiger partial charge in [0.1, 0.15) is 5.71 Å². The largest absolute Gasteiger partial charge is 0.534 e. The molecular formula is C21H23NO6S. The molecule has 1 aliphatic carbocycles. The van der Waals surface area contributed by atoms with Gasteiger partial charge in [-0.3, -0.25) is 9.63 Å². The van der Waals surface area contributed by atoms with Crippen molar-refractivity contribution in [1.29, 1.82) is 0 Å². The molecule has 1 aliphatic rings. The van der Waals surface area contributed by atoms with E-state index in [1.807, 2.05) is 30.4 Å². The van der Waals surface area contributed by atoms with Crippen LogP contribution in [0.15, 0.2) is 69.1 Å². The minimum absolute atomic E-state index is 0.0161. The summed E-state index contributed by atoms with van der Waals surface area (Å²) in [6.45, 7) is 2.30. The standard InChI is InChI=1S/C21H23NO6S/c1-15(22-28-21(25)26-2)20(24)17-7-10-19(11-8-17)29-18-5-3-4-16(6-9-18)14-27-13-12-23/h3,5-11,23H,4,12-14H2,1-2H3/b22-15+. The van der Waals surface area contributed by atoms with Crippen LogP contribution in [0.2, 0.25) is 0 Å². The number of carbonyl (C=O) groups is 2. The topological polar surface area (TPSA) is 94.4 Å². The maximum absolute atomic E-state index is 12.3. The number of aliphatic hydroxyl groups is 1. The Hall–Kier alpha value is -2.68. The predicted molar refractivity (Wildman–Crippen MR) is 111 cm³/mol. The molecule has 1 aromatic rings. The number of rotatable bonds is 9. The lowest BCUT2D eigenvalue weighted by molar-refractivity contribution is 0.0748. The number of thioether (sulfide) groups is 1. The number of benzene rings is 1. The average Bonchev–Trinajstić information content (AvgIpc) is 2.97. The molecular weight excluding hydrogens is 394 g/mol. The van der Waals surface area contributed by atoms with E-state index in [2.05, 4.69) is 20.8 Å². The zero-order valence-electron chi connectivity index (χ0n) is 16.3. The lowest BCUT2D eigenvalue weighted by atomic mass is 10.1. The Balaban J connectivity index is 1.98. The van der Waals surface area contributed by atoms with E-state index >= 15 is 0 Å². The van der Waals surface area contributed by atoms with Gasteiger partial charge in [0.05, 0.1) is 26.9 Å². The molecule has 0 unspecified atom stereocenters. The highest BCUT2D eigenvalue weighted by Gasteiger charge is 2.12. The first-order valence-electron chi connectivity index (χ1n) is 8.90. The molecule has 0 spiro atoms. The van der Waals surface area contributed by atoms with Crippen molar-refractivity contribution in [3.8, 4) is 0 Å². The fraction of sp³-hybridized carbons (Fsp3) is 0.286. The fourth-order valence-corrected chi connectivity index (χ4v) is 3.14. The number of carbonyl (C=O) groups excluding carboxylic acids is 2. The van der Waals surface area contributed by atoms with Gasteiger partial charge < -0.3 is 14.6 Å². The molecule has 0 heterocycles. The first-order chi connectivity index (χ1) is 14.0. The highest BCUT2D eigenvalue weighted by molar-refractivity contribution is 8.03. The number of nitrogens with zero attached hydrogens (tertiary/aromatic N) is 1. The van der Waals surface area contributed by atoms with Gasteiger partial charge in [-0.1, -0.05) is 35.1 Å². The second-order valence-electron chi connectivity index (χ2n) is 5.95. The van der Waals surface area contributed by atoms with Crippen molar-refractivity contribution in [3.05, 3.63) is 64.6 Å². The Morgan fingerprint density at radius 1 is 1.21 bits per heavy atom. The van der Waals surface area contributed by atoms with Crippen LogP contribution in [0.3, 0.4) is 0 Å². The first kappa shape index (κ1) is 22.6. The second-order valence-corrected chi connectivity index (χ2v) is 7.10. The summed E-state index contributed by atoms with van der Waals surface area (Å²) >= 11 is 1.58. The van der Waals surface area contributed by atoms with E-state index < -0.39 is 6.16 Å². The van der Waals surface area contributed by atoms with Crippen molar-refractivity contribution < 1.29 is 29.0 Å². The molecule has 0 bridgehead atoms. The number of oxime groups is 1. The van der Waals surface area contributed by atoms with E-state index in [9.17, 15) is 9.59 Å². The van der Waals surface area contributed by atoms with Gasteiger partial charge in [-0.25, -0.2) is 4.79 Å². The van der Waals surface area contributed by atoms with Crippen LogP contribution >= 0.6 is 11.8 Å². The van der Waals surface area contributed by atoms with Crippen molar-refractivity contribution >= 4 is 29.4 Å². The third-order valence-corrected chi connectivity index (χ3v) is 4.79. The third-order valence-electron chi connectivity index (χ3n) is 3.77. The van der Waals surface area contributed by atoms with E-state index in [-0.39, 0.29) is 18.1 Å². The van der Waals surface area contributed by atoms with Gasteiger partial charge in [0.15, 0.2) is 0 Å². The molecule has 2 rings (SSSR count). The number of ether oxygens (including phenoxy) is 2. The number of aliphatic hydroxyl groups excluding tert-OH is 1. The van der Waals surface area contributed by atoms with Gasteiger partial charge in [-0.15, -0.1) is 0 Å². The number of methoxy groups -OCH3 is 1. The van der Waals surface area contributed by atoms with Crippen molar-refractivity contribution in [3.63, 3.8) is 0 Å². The minimum atomic E-state index is -0.981. The maximum atomic E-state index is 12.3. The number of Topliss-reactive ketones (excluding diaryl/α,β-unsaturated/α-hetero) is 1. The Kier molecular flexibility index (Phi) is 9.36. The molecule has 1 N–H and O–H groups in total. The summed E-state index contributed by atoms with van der Waals surface area (Å²) in [5.41, 5.74) is 1.62. The smallest absolute Gasteiger partial charge is 0.436 e. The predicted octanol–water partition coefficient (Wildman–Crippen LogP) is 3.90. The average molecular weight is 417 g/mol. The SMILES string of the molecule is COC(=O)O/N=C(\C)C(=O)c1ccc(SC2=CC=C(COCCO)CC=C2)cc1. The molecule has 7 nitrogen and oxygen atoms in total. The first-order valence-corrected chi connectivity index (χ1v) is 9.72. The summed E-state index contributed by atoms with van der Waals surface area (Å²) in [4.78, 5) is 29.7. The lowest BCUT2D eigenvalue weighted by Crippen LogP contribution is -2.12. The van der Waals surface area contributed by atoms with Crippen LogP contribution in [0.4, 0.5) is 4.79 Å². The van der Waals surface area contributed by atoms with Crippen molar-refractivity contribution in [2.75, 3.05) is 26.9 Å². The van der Waals surface area contributed by atoms with Gasteiger partial charge in [0.2, 0.25) is 5.78 Å². The van der Waals surface area contributed by atoms with Crippen LogP contribution in [0.25, 0.3) is 0 Å². The van der Waals surface area contributed by atoms with Crippen LogP contribution in [0.1, 0.15) is 23.7 Å². The summed E-state index contributed by atoms with van der Waals surface area (Å²) in [5, 5.41) is 12.2. The summed E-state index contributed by atoms with van der Waals surface area (Å²) in [6.07, 6.45) is 7.97. The normalized spacial score (nSPS) is 14.0. The van der Waals surface area contributed by atoms with Crippen molar-refractivity contribution in [2.24, 2.45) is 5.16 Å². The molecule has 0 saturated carbocycles. The second kappa shape index (κ2) is 12.0. The Morgan fingerprint density at radius 3 is 2.66 bits per heavy atom. The number of allylic oxidation sites excluding steroid dienone is 4. The number of hydrogen-bond donors (Lipinski definition) is 1. The highest BCUT2D eigenvalue weighted by atomic mass is 32.2. The summed E-state index contributed by atoms with van der Waals surface area (Å²) < 4.78 is 9.66. The zero-order chi connectivity index (χ0) is 21.1. The number of ketones is 1. The van der Waals surface area contributed by atoms with Crippen LogP contribution < -0.4 is 0 Å². The third kappa shape index (κ3) is 7.69. The molecule has 0 atom stereocenters. The zero-order valence-corrected chi connectivity index (χ0v) is 17.1. The molecule has 154 valence electrons. The van der Waals surface area contributed by atoms with E-state index in [0.29, 0.717) is 18.8 Å². The molecule has 29 heavy (non-hydrogen) atoms. The Bertz CT molecular complexity index is 839. The maximum Gasteiger partial charge on any atom is 0.534 e. The Labute approximate surface area is 173 Å². The van der Waals surface area contributed by atoms with Crippen LogP contribution in [0.5, 0.6) is 0 Å². The molecule has 0 fully saturated rings. The van der Waals surface area contributed by atoms with Crippen LogP contribution in [0, 0.1) is 0 Å². The van der Waals surface area contributed by atoms with Crippen LogP contribution in [-0.2, 0) is 14.3 Å². The van der Waals surface area contributed by atoms with Gasteiger partial charge in [0.25, 0.3) is 0 Å². The molecule has 1 aromatic carbocycles.